The van der Waals surface area contributed by atoms with E-state index in [-0.39, 0.29) is 17.9 Å². The van der Waals surface area contributed by atoms with E-state index in [4.69, 9.17) is 0 Å². The summed E-state index contributed by atoms with van der Waals surface area (Å²) in [5.41, 5.74) is 3.46. The smallest absolute Gasteiger partial charge is 0.250 e. The lowest BCUT2D eigenvalue weighted by molar-refractivity contribution is -0.0688. The Balaban J connectivity index is 1.40. The van der Waals surface area contributed by atoms with Crippen LogP contribution >= 0.6 is 0 Å². The first-order valence-corrected chi connectivity index (χ1v) is 11.0. The van der Waals surface area contributed by atoms with Gasteiger partial charge in [0.1, 0.15) is 0 Å². The van der Waals surface area contributed by atoms with Crippen LogP contribution in [-0.2, 0) is 10.0 Å². The second kappa shape index (κ2) is 5.96. The largest absolute Gasteiger partial charge is 0.345 e. The minimum Gasteiger partial charge on any atom is -0.345 e. The summed E-state index contributed by atoms with van der Waals surface area (Å²) in [6.07, 6.45) is 5.48. The molecule has 3 heterocycles. The van der Waals surface area contributed by atoms with Crippen LogP contribution in [0.5, 0.6) is 0 Å². The Hall–Kier alpha value is -2.07. The minimum absolute atomic E-state index is 0.117. The molecule has 0 radical (unpaired) electrons. The molecule has 7 nitrogen and oxygen atoms in total. The van der Waals surface area contributed by atoms with E-state index < -0.39 is 34.0 Å². The van der Waals surface area contributed by atoms with Gasteiger partial charge in [0.2, 0.25) is 10.0 Å². The van der Waals surface area contributed by atoms with Crippen molar-refractivity contribution in [1.82, 2.24) is 24.1 Å². The normalized spacial score (nSPS) is 28.2. The summed E-state index contributed by atoms with van der Waals surface area (Å²) in [7, 11) is -3.73. The number of aromatic nitrogens is 4. The third kappa shape index (κ3) is 2.81. The van der Waals surface area contributed by atoms with Crippen LogP contribution in [0.25, 0.3) is 16.8 Å². The molecule has 2 saturated carbocycles. The monoisotopic (exact) mass is 409 g/mol. The number of hydrogen-bond acceptors (Lipinski definition) is 4. The second-order valence-corrected chi connectivity index (χ2v) is 10.1. The molecular formula is C18H21F2N5O2S. The summed E-state index contributed by atoms with van der Waals surface area (Å²) in [4.78, 5) is 11.9. The Morgan fingerprint density at radius 1 is 1.25 bits per heavy atom. The standard InChI is InChI=1S/C18H21F2N5O2S/c1-10-4-11(24-28(26,27)12-6-18(19,20)7-12)5-13(10)15-8-22-16-9-23-17-14(25(15)16)2-3-21-17/h2-3,8-13,21,24H,4-7H2,1H3/t10-,11+,13+/m1/s1. The van der Waals surface area contributed by atoms with E-state index in [0.717, 1.165) is 22.5 Å². The lowest BCUT2D eigenvalue weighted by atomic mass is 9.94. The Bertz CT molecular complexity index is 1150. The fraction of sp³-hybridized carbons (Fsp3) is 0.556. The number of alkyl halides is 2. The lowest BCUT2D eigenvalue weighted by Gasteiger charge is -2.34. The van der Waals surface area contributed by atoms with Crippen LogP contribution in [0, 0.1) is 5.92 Å². The topological polar surface area (TPSA) is 92.2 Å². The van der Waals surface area contributed by atoms with Crippen molar-refractivity contribution < 1.29 is 17.2 Å². The third-order valence-electron chi connectivity index (χ3n) is 6.15. The van der Waals surface area contributed by atoms with Gasteiger partial charge in [-0.1, -0.05) is 6.92 Å². The van der Waals surface area contributed by atoms with Gasteiger partial charge in [0.15, 0.2) is 11.3 Å². The number of H-pyrrole nitrogens is 1. The molecule has 2 fully saturated rings. The summed E-state index contributed by atoms with van der Waals surface area (Å²) in [6.45, 7) is 2.09. The number of imidazole rings is 1. The molecule has 10 heteroatoms. The minimum atomic E-state index is -3.73. The summed E-state index contributed by atoms with van der Waals surface area (Å²) in [6, 6.07) is 1.69. The molecule has 0 spiro atoms. The molecule has 3 aromatic rings. The lowest BCUT2D eigenvalue weighted by Crippen LogP contribution is -2.50. The molecule has 0 amide bonds. The average molecular weight is 409 g/mol. The van der Waals surface area contributed by atoms with Gasteiger partial charge in [0.25, 0.3) is 5.92 Å². The molecule has 0 aliphatic heterocycles. The number of hydrogen-bond donors (Lipinski definition) is 2. The number of sulfonamides is 1. The molecule has 3 atom stereocenters. The van der Waals surface area contributed by atoms with Crippen LogP contribution < -0.4 is 4.72 Å². The van der Waals surface area contributed by atoms with Gasteiger partial charge in [-0.25, -0.2) is 31.9 Å². The maximum Gasteiger partial charge on any atom is 0.250 e. The van der Waals surface area contributed by atoms with Crippen molar-refractivity contribution in [1.29, 1.82) is 0 Å². The summed E-state index contributed by atoms with van der Waals surface area (Å²) >= 11 is 0. The maximum atomic E-state index is 13.1. The fourth-order valence-electron chi connectivity index (χ4n) is 4.66. The first kappa shape index (κ1) is 18.0. The molecule has 2 aliphatic rings. The van der Waals surface area contributed by atoms with E-state index in [9.17, 15) is 17.2 Å². The van der Waals surface area contributed by atoms with E-state index in [1.165, 1.54) is 0 Å². The van der Waals surface area contributed by atoms with Gasteiger partial charge < -0.3 is 4.98 Å². The van der Waals surface area contributed by atoms with E-state index >= 15 is 0 Å². The van der Waals surface area contributed by atoms with Crippen molar-refractivity contribution in [2.75, 3.05) is 0 Å². The van der Waals surface area contributed by atoms with Gasteiger partial charge in [0, 0.05) is 42.9 Å². The van der Waals surface area contributed by atoms with Crippen molar-refractivity contribution in [2.24, 2.45) is 5.92 Å². The van der Waals surface area contributed by atoms with E-state index in [1.54, 1.807) is 6.20 Å². The highest BCUT2D eigenvalue weighted by Crippen LogP contribution is 2.43. The van der Waals surface area contributed by atoms with Crippen molar-refractivity contribution in [3.63, 3.8) is 0 Å². The number of fused-ring (bicyclic) bond motifs is 3. The molecule has 5 rings (SSSR count). The van der Waals surface area contributed by atoms with Gasteiger partial charge >= 0.3 is 0 Å². The number of nitrogens with one attached hydrogen (secondary N) is 2. The SMILES string of the molecule is C[C@@H]1C[C@H](NS(=O)(=O)C2CC(F)(F)C2)C[C@@H]1c1cnc2cnc3[nH]ccc3n12. The predicted octanol–water partition coefficient (Wildman–Crippen LogP) is 2.81. The molecule has 0 unspecified atom stereocenters. The van der Waals surface area contributed by atoms with Crippen LogP contribution in [0.4, 0.5) is 8.78 Å². The molecule has 2 aliphatic carbocycles. The van der Waals surface area contributed by atoms with Gasteiger partial charge in [-0.15, -0.1) is 0 Å². The van der Waals surface area contributed by atoms with E-state index in [2.05, 4.69) is 31.0 Å². The van der Waals surface area contributed by atoms with Gasteiger partial charge in [-0.2, -0.15) is 0 Å². The molecule has 0 bridgehead atoms. The van der Waals surface area contributed by atoms with E-state index in [1.807, 2.05) is 18.5 Å². The number of aromatic amines is 1. The molecule has 28 heavy (non-hydrogen) atoms. The Morgan fingerprint density at radius 3 is 2.79 bits per heavy atom. The van der Waals surface area contributed by atoms with Crippen LogP contribution in [0.1, 0.15) is 44.2 Å². The zero-order chi connectivity index (χ0) is 19.7. The van der Waals surface area contributed by atoms with Crippen molar-refractivity contribution in [2.45, 2.75) is 55.7 Å². The average Bonchev–Trinajstić information content (AvgIpc) is 3.29. The van der Waals surface area contributed by atoms with Gasteiger partial charge in [0.05, 0.1) is 17.0 Å². The predicted molar refractivity (Wildman–Crippen MR) is 99.8 cm³/mol. The highest BCUT2D eigenvalue weighted by molar-refractivity contribution is 7.90. The number of nitrogens with zero attached hydrogens (tertiary/aromatic N) is 3. The maximum absolute atomic E-state index is 13.1. The quantitative estimate of drug-likeness (QED) is 0.693. The van der Waals surface area contributed by atoms with Crippen LogP contribution in [0.3, 0.4) is 0 Å². The number of rotatable bonds is 4. The summed E-state index contributed by atoms with van der Waals surface area (Å²) in [5.74, 6) is -2.50. The first-order valence-electron chi connectivity index (χ1n) is 9.42. The van der Waals surface area contributed by atoms with Crippen molar-refractivity contribution in [3.05, 3.63) is 30.4 Å². The molecule has 150 valence electrons. The highest BCUT2D eigenvalue weighted by atomic mass is 32.2. The Labute approximate surface area is 160 Å². The van der Waals surface area contributed by atoms with Gasteiger partial charge in [-0.3, -0.25) is 4.40 Å². The fourth-order valence-corrected chi connectivity index (χ4v) is 6.44. The Kier molecular flexibility index (Phi) is 3.83. The molecule has 3 aromatic heterocycles. The van der Waals surface area contributed by atoms with Gasteiger partial charge in [-0.05, 0) is 24.8 Å². The highest BCUT2D eigenvalue weighted by Gasteiger charge is 2.52. The first-order chi connectivity index (χ1) is 13.2. The van der Waals surface area contributed by atoms with Crippen LogP contribution in [0.2, 0.25) is 0 Å². The number of halogens is 2. The molecule has 0 saturated heterocycles. The molecular weight excluding hydrogens is 388 g/mol. The third-order valence-corrected chi connectivity index (χ3v) is 8.03. The zero-order valence-electron chi connectivity index (χ0n) is 15.3. The Morgan fingerprint density at radius 2 is 2.04 bits per heavy atom. The molecule has 2 N–H and O–H groups in total. The summed E-state index contributed by atoms with van der Waals surface area (Å²) < 4.78 is 55.8. The van der Waals surface area contributed by atoms with Crippen LogP contribution in [0.15, 0.2) is 24.7 Å². The molecule has 0 aromatic carbocycles. The second-order valence-electron chi connectivity index (χ2n) is 8.15. The van der Waals surface area contributed by atoms with Crippen molar-refractivity contribution >= 4 is 26.8 Å². The van der Waals surface area contributed by atoms with Crippen LogP contribution in [-0.4, -0.2) is 45.0 Å². The van der Waals surface area contributed by atoms with E-state index in [0.29, 0.717) is 12.8 Å². The zero-order valence-corrected chi connectivity index (χ0v) is 16.1. The van der Waals surface area contributed by atoms with Crippen molar-refractivity contribution in [3.8, 4) is 0 Å². The summed E-state index contributed by atoms with van der Waals surface area (Å²) in [5, 5.41) is -0.988.